The van der Waals surface area contributed by atoms with Crippen molar-refractivity contribution in [3.05, 3.63) is 28.8 Å². The van der Waals surface area contributed by atoms with Gasteiger partial charge in [-0.2, -0.15) is 0 Å². The fraction of sp³-hybridized carbons (Fsp3) is 0.538. The highest BCUT2D eigenvalue weighted by Gasteiger charge is 2.07. The number of aromatic hydroxyl groups is 1. The van der Waals surface area contributed by atoms with Gasteiger partial charge in [-0.1, -0.05) is 6.07 Å². The summed E-state index contributed by atoms with van der Waals surface area (Å²) in [5.41, 5.74) is 3.34. The fourth-order valence-electron chi connectivity index (χ4n) is 1.78. The smallest absolute Gasteiger partial charge is 0.119 e. The van der Waals surface area contributed by atoms with Crippen molar-refractivity contribution in [2.45, 2.75) is 20.0 Å². The molecule has 0 unspecified atom stereocenters. The van der Waals surface area contributed by atoms with Gasteiger partial charge >= 0.3 is 0 Å². The number of rotatable bonds is 4. The number of hydrogen-bond acceptors (Lipinski definition) is 3. The highest BCUT2D eigenvalue weighted by atomic mass is 16.3. The minimum Gasteiger partial charge on any atom is -0.508 e. The average Bonchev–Trinajstić information content (AvgIpc) is 2.11. The third-order valence-electron chi connectivity index (χ3n) is 2.53. The van der Waals surface area contributed by atoms with Crippen LogP contribution in [0.15, 0.2) is 12.1 Å². The Labute approximate surface area is 98.3 Å². The number of benzene rings is 1. The lowest BCUT2D eigenvalue weighted by atomic mass is 10.0. The van der Waals surface area contributed by atoms with E-state index in [9.17, 15) is 5.11 Å². The zero-order chi connectivity index (χ0) is 12.3. The molecular formula is C13H22N2O. The van der Waals surface area contributed by atoms with Crippen LogP contribution in [0.2, 0.25) is 0 Å². The SMILES string of the molecule is Cc1c(O)cc(CN(C)C)cc1CN(C)C. The van der Waals surface area contributed by atoms with E-state index in [1.807, 2.05) is 41.2 Å². The second kappa shape index (κ2) is 5.32. The molecule has 1 rings (SSSR count). The molecule has 1 aromatic rings. The second-order valence-corrected chi connectivity index (χ2v) is 4.87. The predicted octanol–water partition coefficient (Wildman–Crippen LogP) is 1.82. The Bertz CT molecular complexity index is 359. The molecule has 0 spiro atoms. The summed E-state index contributed by atoms with van der Waals surface area (Å²) >= 11 is 0. The predicted molar refractivity (Wildman–Crippen MR) is 67.6 cm³/mol. The van der Waals surface area contributed by atoms with Gasteiger partial charge in [0.15, 0.2) is 0 Å². The normalized spacial score (nSPS) is 11.4. The molecule has 0 aliphatic carbocycles. The molecule has 0 heterocycles. The van der Waals surface area contributed by atoms with Crippen LogP contribution in [0.5, 0.6) is 5.75 Å². The molecule has 0 aliphatic heterocycles. The van der Waals surface area contributed by atoms with Crippen LogP contribution < -0.4 is 0 Å². The van der Waals surface area contributed by atoms with E-state index in [1.165, 1.54) is 5.56 Å². The van der Waals surface area contributed by atoms with Gasteiger partial charge in [-0.05, 0) is 57.9 Å². The molecule has 1 N–H and O–H groups in total. The Morgan fingerprint density at radius 1 is 1.00 bits per heavy atom. The zero-order valence-corrected chi connectivity index (χ0v) is 10.9. The van der Waals surface area contributed by atoms with Crippen LogP contribution in [0.1, 0.15) is 16.7 Å². The van der Waals surface area contributed by atoms with Crippen LogP contribution in [0.3, 0.4) is 0 Å². The molecule has 0 bridgehead atoms. The van der Waals surface area contributed by atoms with Crippen molar-refractivity contribution in [1.29, 1.82) is 0 Å². The number of nitrogens with zero attached hydrogens (tertiary/aromatic N) is 2. The van der Waals surface area contributed by atoms with Crippen molar-refractivity contribution in [3.63, 3.8) is 0 Å². The van der Waals surface area contributed by atoms with Gasteiger partial charge in [-0.3, -0.25) is 0 Å². The summed E-state index contributed by atoms with van der Waals surface area (Å²) < 4.78 is 0. The molecule has 0 saturated heterocycles. The highest BCUT2D eigenvalue weighted by molar-refractivity contribution is 5.42. The van der Waals surface area contributed by atoms with Crippen molar-refractivity contribution in [1.82, 2.24) is 9.80 Å². The quantitative estimate of drug-likeness (QED) is 0.842. The summed E-state index contributed by atoms with van der Waals surface area (Å²) in [7, 11) is 8.13. The van der Waals surface area contributed by atoms with E-state index in [0.717, 1.165) is 24.2 Å². The van der Waals surface area contributed by atoms with Gasteiger partial charge < -0.3 is 14.9 Å². The molecule has 0 radical (unpaired) electrons. The molecule has 0 fully saturated rings. The first-order valence-electron chi connectivity index (χ1n) is 5.51. The summed E-state index contributed by atoms with van der Waals surface area (Å²) in [6.45, 7) is 3.68. The molecular weight excluding hydrogens is 200 g/mol. The summed E-state index contributed by atoms with van der Waals surface area (Å²) in [6, 6.07) is 4.03. The van der Waals surface area contributed by atoms with Crippen molar-refractivity contribution in [2.75, 3.05) is 28.2 Å². The first-order valence-corrected chi connectivity index (χ1v) is 5.51. The molecule has 0 atom stereocenters. The van der Waals surface area contributed by atoms with E-state index >= 15 is 0 Å². The van der Waals surface area contributed by atoms with E-state index in [1.54, 1.807) is 0 Å². The summed E-state index contributed by atoms with van der Waals surface area (Å²) in [4.78, 5) is 4.21. The van der Waals surface area contributed by atoms with Crippen molar-refractivity contribution in [2.24, 2.45) is 0 Å². The third kappa shape index (κ3) is 3.51. The van der Waals surface area contributed by atoms with Gasteiger partial charge in [-0.25, -0.2) is 0 Å². The first kappa shape index (κ1) is 13.0. The molecule has 16 heavy (non-hydrogen) atoms. The lowest BCUT2D eigenvalue weighted by Gasteiger charge is -2.16. The minimum absolute atomic E-state index is 0.399. The van der Waals surface area contributed by atoms with Gasteiger partial charge in [0.25, 0.3) is 0 Å². The van der Waals surface area contributed by atoms with Crippen LogP contribution >= 0.6 is 0 Å². The van der Waals surface area contributed by atoms with Gasteiger partial charge in [0.1, 0.15) is 5.75 Å². The molecule has 0 aliphatic rings. The van der Waals surface area contributed by atoms with E-state index in [0.29, 0.717) is 5.75 Å². The van der Waals surface area contributed by atoms with Gasteiger partial charge in [0, 0.05) is 13.1 Å². The number of hydrogen-bond donors (Lipinski definition) is 1. The van der Waals surface area contributed by atoms with Gasteiger partial charge in [0.2, 0.25) is 0 Å². The van der Waals surface area contributed by atoms with Crippen LogP contribution in [0.4, 0.5) is 0 Å². The maximum absolute atomic E-state index is 9.87. The van der Waals surface area contributed by atoms with Crippen LogP contribution in [-0.4, -0.2) is 43.1 Å². The molecule has 0 aromatic heterocycles. The largest absolute Gasteiger partial charge is 0.508 e. The summed E-state index contributed by atoms with van der Waals surface area (Å²) in [5.74, 6) is 0.399. The maximum atomic E-state index is 9.87. The van der Waals surface area contributed by atoms with Crippen molar-refractivity contribution >= 4 is 0 Å². The Hall–Kier alpha value is -1.06. The molecule has 0 saturated carbocycles. The summed E-state index contributed by atoms with van der Waals surface area (Å²) in [6.07, 6.45) is 0. The molecule has 0 amide bonds. The van der Waals surface area contributed by atoms with E-state index in [-0.39, 0.29) is 0 Å². The second-order valence-electron chi connectivity index (χ2n) is 4.87. The molecule has 3 heteroatoms. The third-order valence-corrected chi connectivity index (χ3v) is 2.53. The standard InChI is InChI=1S/C13H22N2O/c1-10-12(9-15(4)5)6-11(7-13(10)16)8-14(2)3/h6-7,16H,8-9H2,1-5H3. The highest BCUT2D eigenvalue weighted by Crippen LogP contribution is 2.24. The lowest BCUT2D eigenvalue weighted by molar-refractivity contribution is 0.390. The number of phenols is 1. The first-order chi connectivity index (χ1) is 7.40. The minimum atomic E-state index is 0.399. The van der Waals surface area contributed by atoms with Crippen molar-refractivity contribution < 1.29 is 5.11 Å². The molecule has 1 aromatic carbocycles. The Morgan fingerprint density at radius 2 is 1.56 bits per heavy atom. The molecule has 3 nitrogen and oxygen atoms in total. The monoisotopic (exact) mass is 222 g/mol. The maximum Gasteiger partial charge on any atom is 0.119 e. The van der Waals surface area contributed by atoms with E-state index in [2.05, 4.69) is 15.9 Å². The Balaban J connectivity index is 3.01. The topological polar surface area (TPSA) is 26.7 Å². The Morgan fingerprint density at radius 3 is 2.06 bits per heavy atom. The Kier molecular flexibility index (Phi) is 4.33. The van der Waals surface area contributed by atoms with Crippen LogP contribution in [0, 0.1) is 6.92 Å². The number of phenolic OH excluding ortho intramolecular Hbond substituents is 1. The summed E-state index contributed by atoms with van der Waals surface area (Å²) in [5, 5.41) is 9.87. The molecule has 90 valence electrons. The van der Waals surface area contributed by atoms with Crippen LogP contribution in [0.25, 0.3) is 0 Å². The van der Waals surface area contributed by atoms with E-state index < -0.39 is 0 Å². The average molecular weight is 222 g/mol. The van der Waals surface area contributed by atoms with Gasteiger partial charge in [0.05, 0.1) is 0 Å². The lowest BCUT2D eigenvalue weighted by Crippen LogP contribution is -2.14. The van der Waals surface area contributed by atoms with E-state index in [4.69, 9.17) is 0 Å². The van der Waals surface area contributed by atoms with Crippen LogP contribution in [-0.2, 0) is 13.1 Å². The zero-order valence-electron chi connectivity index (χ0n) is 10.9. The van der Waals surface area contributed by atoms with Gasteiger partial charge in [-0.15, -0.1) is 0 Å². The van der Waals surface area contributed by atoms with Crippen molar-refractivity contribution in [3.8, 4) is 5.75 Å². The fourth-order valence-corrected chi connectivity index (χ4v) is 1.78.